The number of benzene rings is 1. The van der Waals surface area contributed by atoms with Gasteiger partial charge in [-0.3, -0.25) is 4.99 Å². The molecule has 0 aliphatic carbocycles. The number of aliphatic imine (C=N–C) groups is 1. The van der Waals surface area contributed by atoms with E-state index in [2.05, 4.69) is 21.3 Å². The van der Waals surface area contributed by atoms with Crippen molar-refractivity contribution in [2.24, 2.45) is 4.99 Å². The van der Waals surface area contributed by atoms with Gasteiger partial charge in [-0.05, 0) is 45.6 Å². The maximum absolute atomic E-state index is 12.3. The standard InChI is InChI=1S/C19H32N4O3S.HI/c1-19(2)14-23(10-11-27(19,24)25)18(20-3)21-13-17(22(4)5)15-8-7-9-16(12-15)26-6;/h7-9,12,17H,10-11,13-14H2,1-6H3,(H,20,21);1H. The molecule has 9 heteroatoms. The normalized spacial score (nSPS) is 19.7. The average molecular weight is 524 g/mol. The fraction of sp³-hybridized carbons (Fsp3) is 0.632. The van der Waals surface area contributed by atoms with Crippen molar-refractivity contribution in [2.45, 2.75) is 24.6 Å². The molecule has 1 saturated heterocycles. The lowest BCUT2D eigenvalue weighted by molar-refractivity contribution is 0.290. The summed E-state index contributed by atoms with van der Waals surface area (Å²) in [5.41, 5.74) is 1.14. The molecule has 0 saturated carbocycles. The van der Waals surface area contributed by atoms with Crippen LogP contribution in [0.4, 0.5) is 0 Å². The average Bonchev–Trinajstić information content (AvgIpc) is 2.61. The maximum Gasteiger partial charge on any atom is 0.193 e. The van der Waals surface area contributed by atoms with Crippen LogP contribution >= 0.6 is 24.0 Å². The lowest BCUT2D eigenvalue weighted by atomic mass is 10.1. The highest BCUT2D eigenvalue weighted by molar-refractivity contribution is 14.0. The molecule has 0 spiro atoms. The first-order valence-electron chi connectivity index (χ1n) is 9.09. The van der Waals surface area contributed by atoms with E-state index in [9.17, 15) is 8.42 Å². The van der Waals surface area contributed by atoms with Crippen molar-refractivity contribution >= 4 is 39.8 Å². The van der Waals surface area contributed by atoms with Crippen molar-refractivity contribution in [1.82, 2.24) is 15.1 Å². The van der Waals surface area contributed by atoms with E-state index >= 15 is 0 Å². The molecule has 0 aromatic heterocycles. The SMILES string of the molecule is CN=C(NCC(c1cccc(OC)c1)N(C)C)N1CCS(=O)(=O)C(C)(C)C1.I. The van der Waals surface area contributed by atoms with Gasteiger partial charge in [0.25, 0.3) is 0 Å². The van der Waals surface area contributed by atoms with Crippen molar-refractivity contribution in [2.75, 3.05) is 53.6 Å². The molecule has 0 radical (unpaired) electrons. The summed E-state index contributed by atoms with van der Waals surface area (Å²) in [7, 11) is 4.38. The number of hydrogen-bond acceptors (Lipinski definition) is 5. The first-order chi connectivity index (χ1) is 12.6. The summed E-state index contributed by atoms with van der Waals surface area (Å²) < 4.78 is 29.1. The fourth-order valence-electron chi connectivity index (χ4n) is 3.29. The topological polar surface area (TPSA) is 74.2 Å². The van der Waals surface area contributed by atoms with Gasteiger partial charge in [0, 0.05) is 26.7 Å². The van der Waals surface area contributed by atoms with Gasteiger partial charge in [-0.2, -0.15) is 0 Å². The maximum atomic E-state index is 12.3. The van der Waals surface area contributed by atoms with Gasteiger partial charge in [0.1, 0.15) is 5.75 Å². The van der Waals surface area contributed by atoms with E-state index in [1.165, 1.54) is 0 Å². The van der Waals surface area contributed by atoms with Gasteiger partial charge in [0.05, 0.1) is 23.7 Å². The van der Waals surface area contributed by atoms with E-state index in [-0.39, 0.29) is 35.8 Å². The number of nitrogens with one attached hydrogen (secondary N) is 1. The predicted molar refractivity (Wildman–Crippen MR) is 126 cm³/mol. The van der Waals surface area contributed by atoms with Crippen LogP contribution in [0.3, 0.4) is 0 Å². The highest BCUT2D eigenvalue weighted by Crippen LogP contribution is 2.25. The summed E-state index contributed by atoms with van der Waals surface area (Å²) in [6.07, 6.45) is 0. The summed E-state index contributed by atoms with van der Waals surface area (Å²) in [6, 6.07) is 8.15. The van der Waals surface area contributed by atoms with Gasteiger partial charge in [0.2, 0.25) is 0 Å². The number of rotatable bonds is 5. The smallest absolute Gasteiger partial charge is 0.193 e. The van der Waals surface area contributed by atoms with Gasteiger partial charge in [-0.25, -0.2) is 8.42 Å². The van der Waals surface area contributed by atoms with Crippen LogP contribution in [0, 0.1) is 0 Å². The zero-order valence-corrected chi connectivity index (χ0v) is 20.7. The molecule has 1 atom stereocenters. The number of halogens is 1. The number of likely N-dealkylation sites (N-methyl/N-ethyl adjacent to an activating group) is 1. The quantitative estimate of drug-likeness (QED) is 0.361. The van der Waals surface area contributed by atoms with Gasteiger partial charge in [-0.1, -0.05) is 12.1 Å². The monoisotopic (exact) mass is 524 g/mol. The zero-order valence-electron chi connectivity index (χ0n) is 17.6. The van der Waals surface area contributed by atoms with Crippen LogP contribution in [-0.2, 0) is 9.84 Å². The third-order valence-corrected chi connectivity index (χ3v) is 7.64. The van der Waals surface area contributed by atoms with Crippen molar-refractivity contribution in [3.8, 4) is 5.75 Å². The predicted octanol–water partition coefficient (Wildman–Crippen LogP) is 2.00. The Morgan fingerprint density at radius 2 is 2.07 bits per heavy atom. The second kappa shape index (κ2) is 10.1. The Morgan fingerprint density at radius 1 is 1.39 bits per heavy atom. The summed E-state index contributed by atoms with van der Waals surface area (Å²) in [5, 5.41) is 3.42. The third kappa shape index (κ3) is 5.73. The number of sulfone groups is 1. The Morgan fingerprint density at radius 3 is 2.61 bits per heavy atom. The number of hydrogen-bond donors (Lipinski definition) is 1. The Labute approximate surface area is 186 Å². The van der Waals surface area contributed by atoms with Crippen molar-refractivity contribution < 1.29 is 13.2 Å². The molecule has 0 bridgehead atoms. The first kappa shape index (κ1) is 25.0. The highest BCUT2D eigenvalue weighted by atomic mass is 127. The molecule has 1 fully saturated rings. The molecule has 160 valence electrons. The first-order valence-corrected chi connectivity index (χ1v) is 10.7. The number of nitrogens with zero attached hydrogens (tertiary/aromatic N) is 3. The number of ether oxygens (including phenoxy) is 1. The molecule has 1 N–H and O–H groups in total. The second-order valence-corrected chi connectivity index (χ2v) is 10.4. The van der Waals surface area contributed by atoms with Crippen molar-refractivity contribution in [3.63, 3.8) is 0 Å². The molecule has 1 aromatic rings. The van der Waals surface area contributed by atoms with Gasteiger partial charge in [-0.15, -0.1) is 24.0 Å². The molecule has 7 nitrogen and oxygen atoms in total. The third-order valence-electron chi connectivity index (χ3n) is 5.11. The van der Waals surface area contributed by atoms with Crippen LogP contribution in [0.25, 0.3) is 0 Å². The number of guanidine groups is 1. The van der Waals surface area contributed by atoms with E-state index in [4.69, 9.17) is 4.74 Å². The van der Waals surface area contributed by atoms with Crippen molar-refractivity contribution in [3.05, 3.63) is 29.8 Å². The molecular weight excluding hydrogens is 491 g/mol. The Bertz CT molecular complexity index is 781. The molecule has 1 aromatic carbocycles. The Hall–Kier alpha value is -1.07. The summed E-state index contributed by atoms with van der Waals surface area (Å²) >= 11 is 0. The second-order valence-electron chi connectivity index (χ2n) is 7.68. The molecule has 2 rings (SSSR count). The summed E-state index contributed by atoms with van der Waals surface area (Å²) in [5.74, 6) is 1.70. The summed E-state index contributed by atoms with van der Waals surface area (Å²) in [6.45, 7) is 5.09. The lowest BCUT2D eigenvalue weighted by Gasteiger charge is -2.39. The minimum atomic E-state index is -3.08. The fourth-order valence-corrected chi connectivity index (χ4v) is 4.66. The Kier molecular flexibility index (Phi) is 9.01. The van der Waals surface area contributed by atoms with Crippen LogP contribution in [0.2, 0.25) is 0 Å². The zero-order chi connectivity index (χ0) is 20.2. The molecule has 28 heavy (non-hydrogen) atoms. The van der Waals surface area contributed by atoms with Crippen molar-refractivity contribution in [1.29, 1.82) is 0 Å². The summed E-state index contributed by atoms with van der Waals surface area (Å²) in [4.78, 5) is 8.54. The van der Waals surface area contributed by atoms with Gasteiger partial charge in [0.15, 0.2) is 15.8 Å². The van der Waals surface area contributed by atoms with Crippen LogP contribution in [0.5, 0.6) is 5.75 Å². The van der Waals surface area contributed by atoms with Crippen LogP contribution < -0.4 is 10.1 Å². The lowest BCUT2D eigenvalue weighted by Crippen LogP contribution is -2.57. The largest absolute Gasteiger partial charge is 0.497 e. The molecule has 0 amide bonds. The molecule has 1 aliphatic rings. The minimum absolute atomic E-state index is 0. The van der Waals surface area contributed by atoms with E-state index in [1.54, 1.807) is 28.0 Å². The highest BCUT2D eigenvalue weighted by Gasteiger charge is 2.41. The van der Waals surface area contributed by atoms with Gasteiger partial charge >= 0.3 is 0 Å². The van der Waals surface area contributed by atoms with Crippen LogP contribution in [0.15, 0.2) is 29.3 Å². The minimum Gasteiger partial charge on any atom is -0.497 e. The molecule has 1 unspecified atom stereocenters. The van der Waals surface area contributed by atoms with E-state index < -0.39 is 14.6 Å². The Balaban J connectivity index is 0.00000392. The van der Waals surface area contributed by atoms with Crippen LogP contribution in [-0.4, -0.2) is 82.6 Å². The van der Waals surface area contributed by atoms with E-state index in [1.807, 2.05) is 37.2 Å². The van der Waals surface area contributed by atoms with E-state index in [0.29, 0.717) is 19.6 Å². The molecule has 1 heterocycles. The van der Waals surface area contributed by atoms with Gasteiger partial charge < -0.3 is 19.9 Å². The molecule has 1 aliphatic heterocycles. The van der Waals surface area contributed by atoms with E-state index in [0.717, 1.165) is 17.3 Å². The number of methoxy groups -OCH3 is 1. The molecular formula is C19H33IN4O3S. The van der Waals surface area contributed by atoms with Crippen LogP contribution in [0.1, 0.15) is 25.5 Å².